The highest BCUT2D eigenvalue weighted by Gasteiger charge is 2.41. The van der Waals surface area contributed by atoms with Crippen LogP contribution in [0.1, 0.15) is 49.8 Å². The quantitative estimate of drug-likeness (QED) is 0.910. The molecule has 0 spiro atoms. The number of hydrogen-bond donors (Lipinski definition) is 1. The van der Waals surface area contributed by atoms with Gasteiger partial charge in [0.15, 0.2) is 0 Å². The minimum atomic E-state index is -0.0576. The summed E-state index contributed by atoms with van der Waals surface area (Å²) in [5, 5.41) is 3.56. The van der Waals surface area contributed by atoms with E-state index in [1.54, 1.807) is 6.07 Å². The molecule has 3 rings (SSSR count). The van der Waals surface area contributed by atoms with Gasteiger partial charge in [0.05, 0.1) is 0 Å². The number of nitrogens with zero attached hydrogens (tertiary/aromatic N) is 1. The molecule has 0 aliphatic carbocycles. The molecule has 3 atom stereocenters. The SMILES string of the molecule is CCNC(c1cc(C)ccc1F)C1CC2CCC(C1)N2C. The summed E-state index contributed by atoms with van der Waals surface area (Å²) in [7, 11) is 2.26. The standard InChI is InChI=1S/C18H27FN2/c1-4-20-18(16-9-12(2)5-8-17(16)19)13-10-14-6-7-15(11-13)21(14)3/h5,8-9,13-15,18,20H,4,6-7,10-11H2,1-3H3. The van der Waals surface area contributed by atoms with Crippen LogP contribution < -0.4 is 5.32 Å². The lowest BCUT2D eigenvalue weighted by Gasteiger charge is -2.40. The first-order chi connectivity index (χ1) is 10.1. The second-order valence-corrected chi connectivity index (χ2v) is 6.84. The van der Waals surface area contributed by atoms with Gasteiger partial charge in [-0.25, -0.2) is 4.39 Å². The van der Waals surface area contributed by atoms with E-state index in [-0.39, 0.29) is 11.9 Å². The molecule has 3 heteroatoms. The zero-order chi connectivity index (χ0) is 15.0. The third-order valence-corrected chi connectivity index (χ3v) is 5.52. The Morgan fingerprint density at radius 1 is 1.29 bits per heavy atom. The first-order valence-electron chi connectivity index (χ1n) is 8.31. The Morgan fingerprint density at radius 2 is 1.95 bits per heavy atom. The summed E-state index contributed by atoms with van der Waals surface area (Å²) in [6.07, 6.45) is 5.01. The predicted octanol–water partition coefficient (Wildman–Crippen LogP) is 3.66. The van der Waals surface area contributed by atoms with Gasteiger partial charge in [-0.3, -0.25) is 0 Å². The molecule has 0 aromatic heterocycles. The molecule has 116 valence electrons. The van der Waals surface area contributed by atoms with Gasteiger partial charge in [0.1, 0.15) is 5.82 Å². The molecule has 2 fully saturated rings. The Balaban J connectivity index is 1.86. The summed E-state index contributed by atoms with van der Waals surface area (Å²) >= 11 is 0. The molecular formula is C18H27FN2. The number of rotatable bonds is 4. The Kier molecular flexibility index (Phi) is 4.32. The lowest BCUT2D eigenvalue weighted by atomic mass is 9.81. The lowest BCUT2D eigenvalue weighted by molar-refractivity contribution is 0.112. The molecule has 1 N–H and O–H groups in total. The monoisotopic (exact) mass is 290 g/mol. The van der Waals surface area contributed by atoms with Crippen molar-refractivity contribution in [3.8, 4) is 0 Å². The topological polar surface area (TPSA) is 15.3 Å². The summed E-state index contributed by atoms with van der Waals surface area (Å²) in [4.78, 5) is 2.55. The third-order valence-electron chi connectivity index (χ3n) is 5.52. The molecule has 0 radical (unpaired) electrons. The number of piperidine rings is 1. The minimum Gasteiger partial charge on any atom is -0.310 e. The van der Waals surface area contributed by atoms with E-state index < -0.39 is 0 Å². The molecule has 2 heterocycles. The van der Waals surface area contributed by atoms with E-state index >= 15 is 0 Å². The molecule has 21 heavy (non-hydrogen) atoms. The molecular weight excluding hydrogens is 263 g/mol. The largest absolute Gasteiger partial charge is 0.310 e. The average Bonchev–Trinajstić information content (AvgIpc) is 2.69. The predicted molar refractivity (Wildman–Crippen MR) is 84.9 cm³/mol. The van der Waals surface area contributed by atoms with Crippen LogP contribution in [-0.2, 0) is 0 Å². The zero-order valence-corrected chi connectivity index (χ0v) is 13.4. The lowest BCUT2D eigenvalue weighted by Crippen LogP contribution is -2.44. The Hall–Kier alpha value is -0.930. The van der Waals surface area contributed by atoms with Crippen LogP contribution in [0.25, 0.3) is 0 Å². The van der Waals surface area contributed by atoms with E-state index in [9.17, 15) is 4.39 Å². The fourth-order valence-electron chi connectivity index (χ4n) is 4.38. The van der Waals surface area contributed by atoms with Crippen molar-refractivity contribution < 1.29 is 4.39 Å². The first kappa shape index (κ1) is 15.0. The van der Waals surface area contributed by atoms with E-state index in [1.165, 1.54) is 25.7 Å². The molecule has 2 aliphatic heterocycles. The van der Waals surface area contributed by atoms with Crippen LogP contribution in [-0.4, -0.2) is 30.6 Å². The van der Waals surface area contributed by atoms with Crippen LogP contribution in [0.5, 0.6) is 0 Å². The zero-order valence-electron chi connectivity index (χ0n) is 13.4. The van der Waals surface area contributed by atoms with Crippen LogP contribution in [0.4, 0.5) is 4.39 Å². The van der Waals surface area contributed by atoms with Crippen molar-refractivity contribution in [3.05, 3.63) is 35.1 Å². The van der Waals surface area contributed by atoms with E-state index in [2.05, 4.69) is 24.2 Å². The normalized spacial score (nSPS) is 30.6. The molecule has 3 unspecified atom stereocenters. The molecule has 2 aliphatic rings. The average molecular weight is 290 g/mol. The first-order valence-corrected chi connectivity index (χ1v) is 8.31. The van der Waals surface area contributed by atoms with Crippen molar-refractivity contribution in [3.63, 3.8) is 0 Å². The second-order valence-electron chi connectivity index (χ2n) is 6.84. The Bertz CT molecular complexity index is 488. The van der Waals surface area contributed by atoms with E-state index in [0.717, 1.165) is 17.7 Å². The van der Waals surface area contributed by atoms with Gasteiger partial charge in [-0.15, -0.1) is 0 Å². The molecule has 0 saturated carbocycles. The molecule has 1 aromatic carbocycles. The van der Waals surface area contributed by atoms with E-state index in [1.807, 2.05) is 19.1 Å². The van der Waals surface area contributed by atoms with Gasteiger partial charge in [0.25, 0.3) is 0 Å². The minimum absolute atomic E-state index is 0.0576. The molecule has 2 bridgehead atoms. The number of nitrogens with one attached hydrogen (secondary N) is 1. The van der Waals surface area contributed by atoms with Gasteiger partial charge in [0.2, 0.25) is 0 Å². The molecule has 0 amide bonds. The van der Waals surface area contributed by atoms with Crippen molar-refractivity contribution in [1.82, 2.24) is 10.2 Å². The maximum absolute atomic E-state index is 14.3. The number of aryl methyl sites for hydroxylation is 1. The Morgan fingerprint density at radius 3 is 2.57 bits per heavy atom. The van der Waals surface area contributed by atoms with Crippen molar-refractivity contribution in [2.24, 2.45) is 5.92 Å². The van der Waals surface area contributed by atoms with Gasteiger partial charge in [0, 0.05) is 23.7 Å². The summed E-state index contributed by atoms with van der Waals surface area (Å²) in [6.45, 7) is 5.05. The van der Waals surface area contributed by atoms with Crippen molar-refractivity contribution >= 4 is 0 Å². The van der Waals surface area contributed by atoms with Gasteiger partial charge in [-0.1, -0.05) is 24.6 Å². The number of halogens is 1. The third kappa shape index (κ3) is 2.86. The smallest absolute Gasteiger partial charge is 0.128 e. The van der Waals surface area contributed by atoms with Crippen LogP contribution in [0.2, 0.25) is 0 Å². The van der Waals surface area contributed by atoms with E-state index in [0.29, 0.717) is 18.0 Å². The fraction of sp³-hybridized carbons (Fsp3) is 0.667. The van der Waals surface area contributed by atoms with Gasteiger partial charge < -0.3 is 10.2 Å². The van der Waals surface area contributed by atoms with Crippen LogP contribution in [0.3, 0.4) is 0 Å². The molecule has 1 aromatic rings. The fourth-order valence-corrected chi connectivity index (χ4v) is 4.38. The maximum atomic E-state index is 14.3. The highest BCUT2D eigenvalue weighted by molar-refractivity contribution is 5.28. The van der Waals surface area contributed by atoms with Crippen molar-refractivity contribution in [2.45, 2.75) is 57.7 Å². The molecule has 2 nitrogen and oxygen atoms in total. The number of fused-ring (bicyclic) bond motifs is 2. The summed E-state index contributed by atoms with van der Waals surface area (Å²) < 4.78 is 14.3. The van der Waals surface area contributed by atoms with Crippen LogP contribution in [0, 0.1) is 18.7 Å². The van der Waals surface area contributed by atoms with Crippen LogP contribution >= 0.6 is 0 Å². The van der Waals surface area contributed by atoms with Gasteiger partial charge in [-0.05, 0) is 58.2 Å². The van der Waals surface area contributed by atoms with Crippen molar-refractivity contribution in [1.29, 1.82) is 0 Å². The van der Waals surface area contributed by atoms with Crippen LogP contribution in [0.15, 0.2) is 18.2 Å². The Labute approximate surface area is 127 Å². The summed E-state index contributed by atoms with van der Waals surface area (Å²) in [5.41, 5.74) is 2.01. The maximum Gasteiger partial charge on any atom is 0.128 e. The van der Waals surface area contributed by atoms with Gasteiger partial charge in [-0.2, -0.15) is 0 Å². The van der Waals surface area contributed by atoms with Gasteiger partial charge >= 0.3 is 0 Å². The second kappa shape index (κ2) is 6.05. The molecule has 2 saturated heterocycles. The highest BCUT2D eigenvalue weighted by Crippen LogP contribution is 2.42. The summed E-state index contributed by atoms with van der Waals surface area (Å²) in [5.74, 6) is 0.493. The highest BCUT2D eigenvalue weighted by atomic mass is 19.1. The summed E-state index contributed by atoms with van der Waals surface area (Å²) in [6, 6.07) is 7.07. The number of benzene rings is 1. The van der Waals surface area contributed by atoms with E-state index in [4.69, 9.17) is 0 Å². The number of hydrogen-bond acceptors (Lipinski definition) is 2. The van der Waals surface area contributed by atoms with Crippen molar-refractivity contribution in [2.75, 3.05) is 13.6 Å².